The molecule has 9 heteroatoms. The average molecular weight is 368 g/mol. The van der Waals surface area contributed by atoms with Gasteiger partial charge >= 0.3 is 6.18 Å². The van der Waals surface area contributed by atoms with E-state index in [-0.39, 0.29) is 11.1 Å². The summed E-state index contributed by atoms with van der Waals surface area (Å²) in [6.07, 6.45) is -1.22. The molecule has 3 rings (SSSR count). The number of H-pyrrole nitrogens is 1. The van der Waals surface area contributed by atoms with E-state index in [1.165, 1.54) is 30.2 Å². The van der Waals surface area contributed by atoms with Crippen LogP contribution in [0.15, 0.2) is 45.4 Å². The molecule has 0 saturated carbocycles. The Kier molecular flexibility index (Phi) is 4.85. The van der Waals surface area contributed by atoms with Crippen LogP contribution in [0.25, 0.3) is 11.2 Å². The van der Waals surface area contributed by atoms with Gasteiger partial charge in [0.2, 0.25) is 0 Å². The predicted molar refractivity (Wildman–Crippen MR) is 88.6 cm³/mol. The molecule has 0 saturated heterocycles. The highest BCUT2D eigenvalue weighted by atomic mass is 32.2. The average Bonchev–Trinajstić information content (AvgIpc) is 2.91. The van der Waals surface area contributed by atoms with Crippen molar-refractivity contribution in [2.24, 2.45) is 0 Å². The maximum absolute atomic E-state index is 12.7. The Labute approximate surface area is 145 Å². The van der Waals surface area contributed by atoms with Crippen molar-refractivity contribution >= 4 is 22.9 Å². The lowest BCUT2D eigenvalue weighted by Gasteiger charge is -2.09. The van der Waals surface area contributed by atoms with Gasteiger partial charge in [0, 0.05) is 11.4 Å². The van der Waals surface area contributed by atoms with Crippen molar-refractivity contribution < 1.29 is 13.2 Å². The molecule has 1 aromatic carbocycles. The number of aryl methyl sites for hydroxylation is 1. The van der Waals surface area contributed by atoms with Crippen molar-refractivity contribution in [1.82, 2.24) is 19.5 Å². The van der Waals surface area contributed by atoms with Crippen molar-refractivity contribution in [3.63, 3.8) is 0 Å². The Balaban J connectivity index is 1.97. The second-order valence-electron chi connectivity index (χ2n) is 5.43. The number of hydrogen-bond acceptors (Lipinski definition) is 4. The molecule has 2 aromatic heterocycles. The van der Waals surface area contributed by atoms with Crippen molar-refractivity contribution in [3.8, 4) is 0 Å². The number of hydrogen-bond donors (Lipinski definition) is 1. The van der Waals surface area contributed by atoms with Crippen LogP contribution in [0, 0.1) is 0 Å². The van der Waals surface area contributed by atoms with Gasteiger partial charge in [0.1, 0.15) is 0 Å². The molecule has 25 heavy (non-hydrogen) atoms. The van der Waals surface area contributed by atoms with Crippen molar-refractivity contribution in [1.29, 1.82) is 0 Å². The standard InChI is InChI=1S/C16H15F3N4OS/c1-2-3-8-23-13-12(14(24)21-9-20-13)22-15(23)25-11-6-4-10(5-7-11)16(17,18)19/h4-7,9H,2-3,8H2,1H3,(H,20,21,24). The molecule has 0 atom stereocenters. The maximum atomic E-state index is 12.7. The van der Waals surface area contributed by atoms with Gasteiger partial charge < -0.3 is 9.55 Å². The summed E-state index contributed by atoms with van der Waals surface area (Å²) < 4.78 is 39.8. The highest BCUT2D eigenvalue weighted by molar-refractivity contribution is 7.99. The smallest absolute Gasteiger partial charge is 0.311 e. The number of nitrogens with one attached hydrogen (secondary N) is 1. The van der Waals surface area contributed by atoms with Crippen LogP contribution in [0.1, 0.15) is 25.3 Å². The fourth-order valence-electron chi connectivity index (χ4n) is 2.34. The second kappa shape index (κ2) is 6.91. The molecule has 0 bridgehead atoms. The number of fused-ring (bicyclic) bond motifs is 1. The summed E-state index contributed by atoms with van der Waals surface area (Å²) in [6.45, 7) is 2.68. The minimum atomic E-state index is -4.37. The minimum absolute atomic E-state index is 0.230. The molecule has 0 amide bonds. The first-order valence-corrected chi connectivity index (χ1v) is 8.51. The van der Waals surface area contributed by atoms with E-state index in [1.54, 1.807) is 0 Å². The van der Waals surface area contributed by atoms with Crippen LogP contribution in [0.2, 0.25) is 0 Å². The Morgan fingerprint density at radius 1 is 1.24 bits per heavy atom. The quantitative estimate of drug-likeness (QED) is 0.737. The molecule has 3 aromatic rings. The van der Waals surface area contributed by atoms with E-state index in [2.05, 4.69) is 15.0 Å². The molecule has 1 N–H and O–H groups in total. The number of aromatic nitrogens is 4. The van der Waals surface area contributed by atoms with Crippen LogP contribution >= 0.6 is 11.8 Å². The van der Waals surface area contributed by atoms with Gasteiger partial charge in [-0.25, -0.2) is 9.97 Å². The first-order chi connectivity index (χ1) is 11.9. The normalized spacial score (nSPS) is 12.0. The van der Waals surface area contributed by atoms with Crippen molar-refractivity contribution in [3.05, 3.63) is 46.5 Å². The Bertz CT molecular complexity index is 931. The van der Waals surface area contributed by atoms with E-state index in [0.29, 0.717) is 22.2 Å². The third kappa shape index (κ3) is 3.71. The van der Waals surface area contributed by atoms with Crippen LogP contribution in [0.4, 0.5) is 13.2 Å². The molecule has 132 valence electrons. The van der Waals surface area contributed by atoms with E-state index < -0.39 is 11.7 Å². The van der Waals surface area contributed by atoms with Crippen molar-refractivity contribution in [2.75, 3.05) is 0 Å². The minimum Gasteiger partial charge on any atom is -0.311 e. The molecule has 0 unspecified atom stereocenters. The van der Waals surface area contributed by atoms with E-state index in [1.807, 2.05) is 11.5 Å². The fourth-order valence-corrected chi connectivity index (χ4v) is 3.25. The van der Waals surface area contributed by atoms with Gasteiger partial charge in [-0.2, -0.15) is 13.2 Å². The second-order valence-corrected chi connectivity index (χ2v) is 6.47. The first-order valence-electron chi connectivity index (χ1n) is 7.69. The molecular weight excluding hydrogens is 353 g/mol. The summed E-state index contributed by atoms with van der Waals surface area (Å²) in [4.78, 5) is 23.5. The molecule has 0 radical (unpaired) electrons. The molecule has 5 nitrogen and oxygen atoms in total. The number of unbranched alkanes of at least 4 members (excludes halogenated alkanes) is 1. The van der Waals surface area contributed by atoms with Crippen molar-refractivity contribution in [2.45, 2.75) is 42.5 Å². The number of halogens is 3. The van der Waals surface area contributed by atoms with Crippen LogP contribution in [0.3, 0.4) is 0 Å². The molecule has 0 fully saturated rings. The highest BCUT2D eigenvalue weighted by Gasteiger charge is 2.30. The van der Waals surface area contributed by atoms with Crippen LogP contribution in [-0.2, 0) is 12.7 Å². The monoisotopic (exact) mass is 368 g/mol. The van der Waals surface area contributed by atoms with E-state index in [9.17, 15) is 18.0 Å². The fraction of sp³-hybridized carbons (Fsp3) is 0.312. The molecule has 0 aliphatic carbocycles. The van der Waals surface area contributed by atoms with Gasteiger partial charge in [0.25, 0.3) is 5.56 Å². The summed E-state index contributed by atoms with van der Waals surface area (Å²) in [5.74, 6) is 0. The summed E-state index contributed by atoms with van der Waals surface area (Å²) in [5.41, 5.74) is -0.330. The largest absolute Gasteiger partial charge is 0.416 e. The molecular formula is C16H15F3N4OS. The zero-order valence-electron chi connectivity index (χ0n) is 13.3. The van der Waals surface area contributed by atoms with Crippen LogP contribution in [0.5, 0.6) is 0 Å². The SMILES string of the molecule is CCCCn1c(Sc2ccc(C(F)(F)F)cc2)nc2c(=O)[nH]cnc21. The van der Waals surface area contributed by atoms with E-state index in [0.717, 1.165) is 25.0 Å². The number of imidazole rings is 1. The zero-order valence-corrected chi connectivity index (χ0v) is 14.1. The third-order valence-electron chi connectivity index (χ3n) is 3.63. The summed E-state index contributed by atoms with van der Waals surface area (Å²) >= 11 is 1.21. The number of nitrogens with zero attached hydrogens (tertiary/aromatic N) is 3. The van der Waals surface area contributed by atoms with Gasteiger partial charge in [-0.05, 0) is 30.7 Å². The molecule has 2 heterocycles. The third-order valence-corrected chi connectivity index (χ3v) is 4.63. The van der Waals surface area contributed by atoms with Gasteiger partial charge in [-0.3, -0.25) is 4.79 Å². The van der Waals surface area contributed by atoms with E-state index >= 15 is 0 Å². The number of alkyl halides is 3. The van der Waals surface area contributed by atoms with Gasteiger partial charge in [0.15, 0.2) is 16.3 Å². The summed E-state index contributed by atoms with van der Waals surface area (Å²) in [5, 5.41) is 0.535. The Morgan fingerprint density at radius 2 is 1.96 bits per heavy atom. The maximum Gasteiger partial charge on any atom is 0.416 e. The lowest BCUT2D eigenvalue weighted by molar-refractivity contribution is -0.137. The zero-order chi connectivity index (χ0) is 18.0. The lowest BCUT2D eigenvalue weighted by Crippen LogP contribution is -2.07. The summed E-state index contributed by atoms with van der Waals surface area (Å²) in [6, 6.07) is 4.86. The number of aromatic amines is 1. The lowest BCUT2D eigenvalue weighted by atomic mass is 10.2. The van der Waals surface area contributed by atoms with Crippen LogP contribution < -0.4 is 5.56 Å². The summed E-state index contributed by atoms with van der Waals surface area (Å²) in [7, 11) is 0. The molecule has 0 aliphatic rings. The first kappa shape index (κ1) is 17.5. The molecule has 0 aliphatic heterocycles. The van der Waals surface area contributed by atoms with Gasteiger partial charge in [-0.1, -0.05) is 25.1 Å². The highest BCUT2D eigenvalue weighted by Crippen LogP contribution is 2.33. The topological polar surface area (TPSA) is 63.6 Å². The molecule has 0 spiro atoms. The Morgan fingerprint density at radius 3 is 2.60 bits per heavy atom. The van der Waals surface area contributed by atoms with Gasteiger partial charge in [-0.15, -0.1) is 0 Å². The van der Waals surface area contributed by atoms with Crippen LogP contribution in [-0.4, -0.2) is 19.5 Å². The number of benzene rings is 1. The Hall–Kier alpha value is -2.29. The predicted octanol–water partition coefficient (Wildman–Crippen LogP) is 4.09. The van der Waals surface area contributed by atoms with E-state index in [4.69, 9.17) is 0 Å². The van der Waals surface area contributed by atoms with Gasteiger partial charge in [0.05, 0.1) is 11.9 Å². The number of rotatable bonds is 5.